The molecule has 0 aromatic rings. The van der Waals surface area contributed by atoms with Gasteiger partial charge >= 0.3 is 6.18 Å². The number of rotatable bonds is 14. The molecule has 0 atom stereocenters. The Hall–Kier alpha value is -11.3. The molecule has 0 aromatic carbocycles. The Morgan fingerprint density at radius 2 is 0.967 bits per heavy atom. The minimum atomic E-state index is -4.33. The molecule has 14 nitrogen and oxygen atoms in total. The second-order valence-corrected chi connectivity index (χ2v) is 22.2. The summed E-state index contributed by atoms with van der Waals surface area (Å²) in [5, 5.41) is 59.7. The Labute approximate surface area is 549 Å². The van der Waals surface area contributed by atoms with Gasteiger partial charge < -0.3 is 0 Å². The third kappa shape index (κ3) is 47.8. The fourth-order valence-corrected chi connectivity index (χ4v) is 7.31. The van der Waals surface area contributed by atoms with Crippen LogP contribution in [0.2, 0.25) is 0 Å². The van der Waals surface area contributed by atoms with Crippen molar-refractivity contribution in [2.45, 2.75) is 162 Å². The molecule has 0 fully saturated rings. The fourth-order valence-electron chi connectivity index (χ4n) is 7.31. The molecule has 0 radical (unpaired) electrons. The zero-order valence-corrected chi connectivity index (χ0v) is 56.3. The van der Waals surface area contributed by atoms with Crippen LogP contribution < -0.4 is 0 Å². The molecule has 476 valence electrons. The Balaban J connectivity index is -0.000000321. The largest absolute Gasteiger partial charge is 0.392 e. The molecular weight excluding hydrogens is 1150 g/mol. The van der Waals surface area contributed by atoms with Crippen LogP contribution in [-0.2, 0) is 0 Å². The lowest BCUT2D eigenvalue weighted by atomic mass is 9.88. The lowest BCUT2D eigenvalue weighted by Gasteiger charge is -2.18. The van der Waals surface area contributed by atoms with Gasteiger partial charge in [-0.05, 0) is 135 Å². The SMILES string of the molecule is [C-]#[N+]/C(C#N)=C(C)\C=C\C(C)C.[C-]#[N+]/C(C#N)=C/C(=C\C(C)C)CC(F)(F)F.[C-]#[N+]/C(C#N)=C1/CCC(C(C)C)=C1C.[C-]#[N+]/C(C#N)=C1\C=C(C(C)C)CCC1.[C-]#[N+]/C(C#N)=C\C(C)=C\C(C)C.[C-]#[N+]/C(C#N)=C\C=C\C(C)C.[C-]#[N+]\C(C#N)=C/C=C/C=C/C(C)C. The number of allylic oxidation sites excluding steroid dienone is 30. The minimum Gasteiger partial charge on any atom is -0.227 e. The molecule has 0 aromatic heterocycles. The minimum absolute atomic E-state index is 0.0462. The van der Waals surface area contributed by atoms with Gasteiger partial charge in [0.2, 0.25) is 0 Å². The summed E-state index contributed by atoms with van der Waals surface area (Å²) in [6.45, 7) is 81.1. The molecule has 0 saturated heterocycles. The van der Waals surface area contributed by atoms with Crippen molar-refractivity contribution in [1.29, 1.82) is 36.8 Å². The van der Waals surface area contributed by atoms with Gasteiger partial charge in [-0.15, -0.1) is 0 Å². The number of nitriles is 7. The van der Waals surface area contributed by atoms with E-state index in [0.29, 0.717) is 35.5 Å². The van der Waals surface area contributed by atoms with Crippen molar-refractivity contribution in [3.63, 3.8) is 0 Å². The van der Waals surface area contributed by atoms with Crippen LogP contribution in [-0.4, -0.2) is 6.18 Å². The van der Waals surface area contributed by atoms with Crippen molar-refractivity contribution in [3.05, 3.63) is 256 Å². The van der Waals surface area contributed by atoms with Crippen LogP contribution in [0.25, 0.3) is 33.9 Å². The molecule has 0 saturated carbocycles. The van der Waals surface area contributed by atoms with Crippen molar-refractivity contribution in [2.75, 3.05) is 0 Å². The van der Waals surface area contributed by atoms with Crippen molar-refractivity contribution >= 4 is 0 Å². The fraction of sp³-hybridized carbons (Fsp3) is 0.413. The van der Waals surface area contributed by atoms with E-state index in [4.69, 9.17) is 82.8 Å². The third-order valence-corrected chi connectivity index (χ3v) is 11.5. The predicted octanol–water partition coefficient (Wildman–Crippen LogP) is 22.2. The first-order chi connectivity index (χ1) is 43.2. The summed E-state index contributed by atoms with van der Waals surface area (Å²) < 4.78 is 36.6. The van der Waals surface area contributed by atoms with E-state index in [1.807, 2.05) is 114 Å². The van der Waals surface area contributed by atoms with E-state index < -0.39 is 12.6 Å². The summed E-state index contributed by atoms with van der Waals surface area (Å²) >= 11 is 0. The van der Waals surface area contributed by atoms with E-state index in [0.717, 1.165) is 60.5 Å². The molecule has 17 heteroatoms. The topological polar surface area (TPSA) is 197 Å². The predicted molar refractivity (Wildman–Crippen MR) is 361 cm³/mol. The second kappa shape index (κ2) is 53.9. The van der Waals surface area contributed by atoms with Gasteiger partial charge in [0.05, 0.1) is 94.9 Å². The normalized spacial score (nSPS) is 14.7. The zero-order chi connectivity index (χ0) is 72.0. The standard InChI is InChI=1S/2C12H14N2.C11H11F3N2.C11H12N2.2C10H12N2.C9H10N2/c1-8(2)10-5-6-11(9(10)3)12(7-13)14-4;1-9(2)10-5-4-6-11(7-10)12(8-13)14-3;1-8(2)4-9(6-11(12,13)14)5-10(7-15)16-3;1-10(2)7-5-4-6-8-11(9-12)13-3;1-8(2)5-9(3)6-10(7-11)12-4;1-8(2)5-6-9(3)10(7-11)12-4;1-8(2)5-4-6-9(7-10)11-3/h8H,5-6H2,1-3H3;7,9H,4-6H2,1-2H3;4-5,8H,6H2,1-2H3;4-8,10H,1-2H3;2*5-6,8H,1-3H3;4-6,8H,1-2H3/b2*12-11-;9-4+,10-5+;6-4+,7-5+,11-8-;9-5+,10-6-;6-5+,10-9-;5-4+,9-6-. The summed E-state index contributed by atoms with van der Waals surface area (Å²) in [6.07, 6.45) is 25.5. The van der Waals surface area contributed by atoms with Crippen molar-refractivity contribution < 1.29 is 13.2 Å². The van der Waals surface area contributed by atoms with Crippen LogP contribution in [0.4, 0.5) is 13.2 Å². The molecule has 0 N–H and O–H groups in total. The van der Waals surface area contributed by atoms with Crippen LogP contribution in [0.15, 0.2) is 176 Å². The van der Waals surface area contributed by atoms with Crippen LogP contribution >= 0.6 is 0 Å². The first-order valence-corrected chi connectivity index (χ1v) is 29.2. The first kappa shape index (κ1) is 89.5. The lowest BCUT2D eigenvalue weighted by molar-refractivity contribution is -0.126. The quantitative estimate of drug-likeness (QED) is 0.0936. The number of hydrogen-bond acceptors (Lipinski definition) is 7. The molecule has 0 bridgehead atoms. The average molecular weight is 1240 g/mol. The Kier molecular flexibility index (Phi) is 52.5. The smallest absolute Gasteiger partial charge is 0.227 e. The molecule has 2 aliphatic rings. The van der Waals surface area contributed by atoms with Gasteiger partial charge in [0, 0.05) is 0 Å². The van der Waals surface area contributed by atoms with Gasteiger partial charge in [-0.2, -0.15) is 13.2 Å². The Morgan fingerprint density at radius 3 is 1.34 bits per heavy atom. The van der Waals surface area contributed by atoms with Crippen molar-refractivity contribution in [1.82, 2.24) is 0 Å². The molecule has 0 spiro atoms. The van der Waals surface area contributed by atoms with Crippen LogP contribution in [0.3, 0.4) is 0 Å². The van der Waals surface area contributed by atoms with E-state index in [2.05, 4.69) is 89.3 Å². The molecule has 0 unspecified atom stereocenters. The highest BCUT2D eigenvalue weighted by Gasteiger charge is 2.28. The van der Waals surface area contributed by atoms with Gasteiger partial charge in [-0.25, -0.2) is 70.7 Å². The first-order valence-electron chi connectivity index (χ1n) is 29.2. The monoisotopic (exact) mass is 1240 g/mol. The number of alkyl halides is 3. The van der Waals surface area contributed by atoms with Gasteiger partial charge in [0.25, 0.3) is 39.9 Å². The van der Waals surface area contributed by atoms with E-state index >= 15 is 0 Å². The van der Waals surface area contributed by atoms with Gasteiger partial charge in [0.1, 0.15) is 0 Å². The maximum atomic E-state index is 12.2. The Bertz CT molecular complexity index is 3460. The summed E-state index contributed by atoms with van der Waals surface area (Å²) in [4.78, 5) is 21.5. The van der Waals surface area contributed by atoms with Crippen LogP contribution in [0.5, 0.6) is 0 Å². The van der Waals surface area contributed by atoms with Crippen LogP contribution in [0.1, 0.15) is 156 Å². The third-order valence-electron chi connectivity index (χ3n) is 11.5. The molecule has 92 heavy (non-hydrogen) atoms. The maximum absolute atomic E-state index is 12.2. The second-order valence-electron chi connectivity index (χ2n) is 22.2. The molecule has 0 aliphatic heterocycles. The van der Waals surface area contributed by atoms with Crippen molar-refractivity contribution in [2.24, 2.45) is 41.4 Å². The summed E-state index contributed by atoms with van der Waals surface area (Å²) in [5.74, 6) is 2.85. The molecule has 2 aliphatic carbocycles. The van der Waals surface area contributed by atoms with E-state index in [-0.39, 0.29) is 51.4 Å². The molecular formula is C75H85F3N14. The highest BCUT2D eigenvalue weighted by atomic mass is 19.4. The molecule has 0 amide bonds. The number of hydrogen-bond donors (Lipinski definition) is 0. The molecule has 2 rings (SSSR count). The number of nitrogens with zero attached hydrogens (tertiary/aromatic N) is 14. The highest BCUT2D eigenvalue weighted by molar-refractivity contribution is 5.50. The highest BCUT2D eigenvalue weighted by Crippen LogP contribution is 2.37. The zero-order valence-electron chi connectivity index (χ0n) is 56.3. The van der Waals surface area contributed by atoms with Gasteiger partial charge in [0.15, 0.2) is 0 Å². The van der Waals surface area contributed by atoms with E-state index in [1.165, 1.54) is 41.0 Å². The summed E-state index contributed by atoms with van der Waals surface area (Å²) in [5.41, 5.74) is 8.24. The van der Waals surface area contributed by atoms with Crippen molar-refractivity contribution in [3.8, 4) is 42.5 Å². The number of halogens is 3. The van der Waals surface area contributed by atoms with E-state index in [1.54, 1.807) is 51.1 Å². The summed E-state index contributed by atoms with van der Waals surface area (Å²) in [7, 11) is 0. The van der Waals surface area contributed by atoms with Gasteiger partial charge in [-0.1, -0.05) is 192 Å². The van der Waals surface area contributed by atoms with Crippen LogP contribution in [0, 0.1) is 167 Å². The average Bonchev–Trinajstić information content (AvgIpc) is 1.75. The maximum Gasteiger partial charge on any atom is 0.392 e. The molecule has 0 heterocycles. The lowest BCUT2D eigenvalue weighted by Crippen LogP contribution is -2.08. The Morgan fingerprint density at radius 1 is 0.500 bits per heavy atom. The van der Waals surface area contributed by atoms with Gasteiger partial charge in [-0.3, -0.25) is 0 Å². The summed E-state index contributed by atoms with van der Waals surface area (Å²) in [6, 6.07) is 12.7. The van der Waals surface area contributed by atoms with E-state index in [9.17, 15) is 13.2 Å².